The fourth-order valence-electron chi connectivity index (χ4n) is 1.32. The zero-order chi connectivity index (χ0) is 10.7. The van der Waals surface area contributed by atoms with Gasteiger partial charge in [0.2, 0.25) is 17.7 Å². The number of nitrogens with zero attached hydrogens (tertiary/aromatic N) is 2. The molecule has 0 radical (unpaired) electrons. The Morgan fingerprint density at radius 1 is 1.29 bits per heavy atom. The van der Waals surface area contributed by atoms with Crippen LogP contribution in [0, 0.1) is 0 Å². The molecule has 1 aliphatic rings. The molecular weight excluding hydrogens is 186 g/mol. The number of hydrogen-bond acceptors (Lipinski definition) is 3. The molecule has 0 aromatic carbocycles. The van der Waals surface area contributed by atoms with E-state index >= 15 is 0 Å². The maximum absolute atomic E-state index is 11.4. The van der Waals surface area contributed by atoms with Crippen molar-refractivity contribution in [1.82, 2.24) is 9.80 Å². The van der Waals surface area contributed by atoms with Gasteiger partial charge in [0.1, 0.15) is 6.54 Å². The molecule has 1 rings (SSSR count). The standard InChI is InChI=1S/C8H13N3O3/c1-2-10-4-8(14)11(3-6(9)12)5-7(10)13/h2-5H2,1H3,(H2,9,12). The van der Waals surface area contributed by atoms with Gasteiger partial charge in [0.05, 0.1) is 13.1 Å². The van der Waals surface area contributed by atoms with Crippen LogP contribution >= 0.6 is 0 Å². The molecule has 0 saturated carbocycles. The zero-order valence-electron chi connectivity index (χ0n) is 8.02. The van der Waals surface area contributed by atoms with Crippen LogP contribution in [0.4, 0.5) is 0 Å². The maximum Gasteiger partial charge on any atom is 0.243 e. The van der Waals surface area contributed by atoms with Gasteiger partial charge in [-0.25, -0.2) is 0 Å². The minimum Gasteiger partial charge on any atom is -0.368 e. The molecule has 0 aromatic heterocycles. The van der Waals surface area contributed by atoms with Crippen LogP contribution in [0.2, 0.25) is 0 Å². The molecule has 0 spiro atoms. The van der Waals surface area contributed by atoms with Crippen LogP contribution in [0.25, 0.3) is 0 Å². The van der Waals surface area contributed by atoms with E-state index in [1.54, 1.807) is 6.92 Å². The first-order valence-electron chi connectivity index (χ1n) is 4.38. The number of primary amides is 1. The van der Waals surface area contributed by atoms with Gasteiger partial charge >= 0.3 is 0 Å². The molecule has 0 aromatic rings. The minimum absolute atomic E-state index is 0.0443. The van der Waals surface area contributed by atoms with E-state index in [4.69, 9.17) is 5.73 Å². The summed E-state index contributed by atoms with van der Waals surface area (Å²) in [7, 11) is 0. The lowest BCUT2D eigenvalue weighted by Crippen LogP contribution is -2.55. The van der Waals surface area contributed by atoms with Gasteiger partial charge < -0.3 is 15.5 Å². The molecule has 6 nitrogen and oxygen atoms in total. The van der Waals surface area contributed by atoms with Crippen molar-refractivity contribution < 1.29 is 14.4 Å². The molecule has 14 heavy (non-hydrogen) atoms. The van der Waals surface area contributed by atoms with Gasteiger partial charge in [-0.15, -0.1) is 0 Å². The van der Waals surface area contributed by atoms with Crippen LogP contribution in [-0.2, 0) is 14.4 Å². The number of nitrogens with two attached hydrogens (primary N) is 1. The van der Waals surface area contributed by atoms with Crippen LogP contribution in [0.3, 0.4) is 0 Å². The topological polar surface area (TPSA) is 83.7 Å². The molecule has 2 N–H and O–H groups in total. The molecule has 0 atom stereocenters. The van der Waals surface area contributed by atoms with Crippen molar-refractivity contribution in [1.29, 1.82) is 0 Å². The normalized spacial score (nSPS) is 17.5. The lowest BCUT2D eigenvalue weighted by atomic mass is 10.3. The zero-order valence-corrected chi connectivity index (χ0v) is 8.02. The Bertz CT molecular complexity index is 277. The minimum atomic E-state index is -0.601. The van der Waals surface area contributed by atoms with Crippen LogP contribution in [-0.4, -0.2) is 53.7 Å². The summed E-state index contributed by atoms with van der Waals surface area (Å²) in [5.41, 5.74) is 4.94. The van der Waals surface area contributed by atoms with E-state index in [9.17, 15) is 14.4 Å². The average Bonchev–Trinajstić information content (AvgIpc) is 2.10. The fourth-order valence-corrected chi connectivity index (χ4v) is 1.32. The van der Waals surface area contributed by atoms with Gasteiger partial charge in [0.25, 0.3) is 0 Å². The molecule has 3 amide bonds. The van der Waals surface area contributed by atoms with E-state index in [1.165, 1.54) is 9.80 Å². The Kier molecular flexibility index (Phi) is 3.06. The third-order valence-corrected chi connectivity index (χ3v) is 2.09. The number of carbonyl (C=O) groups is 3. The predicted octanol–water partition coefficient (Wildman–Crippen LogP) is -1.84. The van der Waals surface area contributed by atoms with Gasteiger partial charge in [-0.3, -0.25) is 14.4 Å². The number of rotatable bonds is 3. The molecule has 1 heterocycles. The molecular formula is C8H13N3O3. The first kappa shape index (κ1) is 10.5. The molecule has 78 valence electrons. The second-order valence-electron chi connectivity index (χ2n) is 3.12. The number of likely N-dealkylation sites (N-methyl/N-ethyl adjacent to an activating group) is 1. The lowest BCUT2D eigenvalue weighted by Gasteiger charge is -2.32. The molecule has 1 saturated heterocycles. The van der Waals surface area contributed by atoms with Crippen LogP contribution in [0.1, 0.15) is 6.92 Å². The van der Waals surface area contributed by atoms with Crippen molar-refractivity contribution in [2.45, 2.75) is 6.92 Å². The Labute approximate surface area is 81.6 Å². The second kappa shape index (κ2) is 4.08. The van der Waals surface area contributed by atoms with Gasteiger partial charge in [-0.1, -0.05) is 0 Å². The van der Waals surface area contributed by atoms with Crippen molar-refractivity contribution >= 4 is 17.7 Å². The van der Waals surface area contributed by atoms with Crippen LogP contribution < -0.4 is 5.73 Å². The highest BCUT2D eigenvalue weighted by molar-refractivity contribution is 5.94. The number of hydrogen-bond donors (Lipinski definition) is 1. The number of amides is 3. The summed E-state index contributed by atoms with van der Waals surface area (Å²) >= 11 is 0. The van der Waals surface area contributed by atoms with E-state index in [2.05, 4.69) is 0 Å². The van der Waals surface area contributed by atoms with Gasteiger partial charge in [-0.05, 0) is 6.92 Å². The largest absolute Gasteiger partial charge is 0.368 e. The first-order valence-corrected chi connectivity index (χ1v) is 4.38. The molecule has 1 aliphatic heterocycles. The summed E-state index contributed by atoms with van der Waals surface area (Å²) in [6, 6.07) is 0. The summed E-state index contributed by atoms with van der Waals surface area (Å²) in [6.45, 7) is 2.13. The highest BCUT2D eigenvalue weighted by Gasteiger charge is 2.29. The van der Waals surface area contributed by atoms with E-state index in [-0.39, 0.29) is 31.4 Å². The van der Waals surface area contributed by atoms with Gasteiger partial charge in [0, 0.05) is 6.54 Å². The molecule has 0 bridgehead atoms. The highest BCUT2D eigenvalue weighted by Crippen LogP contribution is 2.03. The molecule has 0 aliphatic carbocycles. The smallest absolute Gasteiger partial charge is 0.243 e. The van der Waals surface area contributed by atoms with Crippen LogP contribution in [0.15, 0.2) is 0 Å². The summed E-state index contributed by atoms with van der Waals surface area (Å²) < 4.78 is 0. The van der Waals surface area contributed by atoms with Crippen molar-refractivity contribution in [3.05, 3.63) is 0 Å². The van der Waals surface area contributed by atoms with Crippen molar-refractivity contribution in [3.63, 3.8) is 0 Å². The highest BCUT2D eigenvalue weighted by atomic mass is 16.2. The van der Waals surface area contributed by atoms with Crippen LogP contribution in [0.5, 0.6) is 0 Å². The Morgan fingerprint density at radius 2 is 1.79 bits per heavy atom. The first-order chi connectivity index (χ1) is 6.54. The van der Waals surface area contributed by atoms with E-state index in [0.29, 0.717) is 6.54 Å². The third kappa shape index (κ3) is 2.21. The summed E-state index contributed by atoms with van der Waals surface area (Å²) in [4.78, 5) is 35.9. The Hall–Kier alpha value is -1.59. The maximum atomic E-state index is 11.4. The number of piperazine rings is 1. The Balaban J connectivity index is 2.62. The summed E-state index contributed by atoms with van der Waals surface area (Å²) in [5, 5.41) is 0. The SMILES string of the molecule is CCN1CC(=O)N(CC(N)=O)CC1=O. The van der Waals surface area contributed by atoms with Crippen molar-refractivity contribution in [2.24, 2.45) is 5.73 Å². The summed E-state index contributed by atoms with van der Waals surface area (Å²) in [6.07, 6.45) is 0. The summed E-state index contributed by atoms with van der Waals surface area (Å²) in [5.74, 6) is -0.977. The molecule has 0 unspecified atom stereocenters. The molecule has 1 fully saturated rings. The van der Waals surface area contributed by atoms with Crippen molar-refractivity contribution in [2.75, 3.05) is 26.2 Å². The Morgan fingerprint density at radius 3 is 2.29 bits per heavy atom. The third-order valence-electron chi connectivity index (χ3n) is 2.09. The average molecular weight is 199 g/mol. The van der Waals surface area contributed by atoms with Gasteiger partial charge in [0.15, 0.2) is 0 Å². The van der Waals surface area contributed by atoms with E-state index in [0.717, 1.165) is 0 Å². The fraction of sp³-hybridized carbons (Fsp3) is 0.625. The molecule has 6 heteroatoms. The lowest BCUT2D eigenvalue weighted by molar-refractivity contribution is -0.151. The quantitative estimate of drug-likeness (QED) is 0.580. The monoisotopic (exact) mass is 199 g/mol. The number of carbonyl (C=O) groups excluding carboxylic acids is 3. The predicted molar refractivity (Wildman–Crippen MR) is 48.0 cm³/mol. The van der Waals surface area contributed by atoms with Gasteiger partial charge in [-0.2, -0.15) is 0 Å². The van der Waals surface area contributed by atoms with Crippen molar-refractivity contribution in [3.8, 4) is 0 Å². The second-order valence-corrected chi connectivity index (χ2v) is 3.12. The van der Waals surface area contributed by atoms with E-state index in [1.807, 2.05) is 0 Å². The van der Waals surface area contributed by atoms with E-state index < -0.39 is 5.91 Å².